The largest absolute Gasteiger partial charge is 0.397 e. The molecule has 0 radical (unpaired) electrons. The molecule has 0 aliphatic heterocycles. The molecule has 0 saturated heterocycles. The van der Waals surface area contributed by atoms with Crippen LogP contribution in [0.15, 0.2) is 0 Å². The van der Waals surface area contributed by atoms with Crippen molar-refractivity contribution in [3.63, 3.8) is 0 Å². The fourth-order valence-corrected chi connectivity index (χ4v) is 0.555. The van der Waals surface area contributed by atoms with Gasteiger partial charge in [-0.25, -0.2) is 0 Å². The van der Waals surface area contributed by atoms with Crippen LogP contribution in [-0.4, -0.2) is 18.1 Å². The molecule has 2 nitrogen and oxygen atoms in total. The molecule has 0 aromatic carbocycles. The van der Waals surface area contributed by atoms with Crippen molar-refractivity contribution >= 4 is 5.91 Å². The van der Waals surface area contributed by atoms with Crippen LogP contribution in [-0.2, 0) is 4.79 Å². The van der Waals surface area contributed by atoms with Crippen LogP contribution in [0.5, 0.6) is 0 Å². The van der Waals surface area contributed by atoms with Crippen molar-refractivity contribution in [1.82, 2.24) is 5.32 Å². The van der Waals surface area contributed by atoms with Crippen molar-refractivity contribution in [3.05, 3.63) is 0 Å². The molecule has 66 valence electrons. The first-order valence-corrected chi connectivity index (χ1v) is 3.17. The summed E-state index contributed by atoms with van der Waals surface area (Å²) in [4.78, 5) is 10.4. The van der Waals surface area contributed by atoms with Gasteiger partial charge < -0.3 is 5.32 Å². The van der Waals surface area contributed by atoms with Crippen LogP contribution >= 0.6 is 0 Å². The molecule has 5 heteroatoms. The number of rotatable bonds is 2. The summed E-state index contributed by atoms with van der Waals surface area (Å²) in [7, 11) is 0. The summed E-state index contributed by atoms with van der Waals surface area (Å²) in [6.45, 7) is 3.21. The SMILES string of the molecule is CC(C)NC(=O)CC(F)(F)F. The quantitative estimate of drug-likeness (QED) is 0.666. The molecule has 0 bridgehead atoms. The van der Waals surface area contributed by atoms with Gasteiger partial charge in [-0.2, -0.15) is 13.2 Å². The number of alkyl halides is 3. The third-order valence-corrected chi connectivity index (χ3v) is 0.811. The summed E-state index contributed by atoms with van der Waals surface area (Å²) in [5.74, 6) is -0.979. The third-order valence-electron chi connectivity index (χ3n) is 0.811. The maximum atomic E-state index is 11.5. The molecule has 0 saturated carbocycles. The molecule has 0 spiro atoms. The first-order valence-electron chi connectivity index (χ1n) is 3.17. The van der Waals surface area contributed by atoms with Crippen LogP contribution in [0.1, 0.15) is 20.3 Å². The maximum Gasteiger partial charge on any atom is 0.397 e. The Morgan fingerprint density at radius 2 is 1.91 bits per heavy atom. The summed E-state index contributed by atoms with van der Waals surface area (Å²) in [5, 5.41) is 2.14. The van der Waals surface area contributed by atoms with Crippen LogP contribution in [0.25, 0.3) is 0 Å². The Balaban J connectivity index is 3.71. The molecule has 0 aromatic heterocycles. The zero-order valence-corrected chi connectivity index (χ0v) is 6.33. The minimum atomic E-state index is -4.40. The van der Waals surface area contributed by atoms with Gasteiger partial charge in [0, 0.05) is 6.04 Å². The van der Waals surface area contributed by atoms with Crippen LogP contribution in [0.2, 0.25) is 0 Å². The Bertz CT molecular complexity index is 141. The van der Waals surface area contributed by atoms with E-state index >= 15 is 0 Å². The van der Waals surface area contributed by atoms with Gasteiger partial charge in [0.05, 0.1) is 0 Å². The minimum absolute atomic E-state index is 0.246. The maximum absolute atomic E-state index is 11.5. The lowest BCUT2D eigenvalue weighted by Gasteiger charge is -2.09. The molecular formula is C6H10F3NO. The highest BCUT2D eigenvalue weighted by Gasteiger charge is 2.31. The number of amides is 1. The fourth-order valence-electron chi connectivity index (χ4n) is 0.555. The van der Waals surface area contributed by atoms with E-state index in [1.54, 1.807) is 13.8 Å². The predicted molar refractivity (Wildman–Crippen MR) is 34.0 cm³/mol. The van der Waals surface area contributed by atoms with E-state index in [2.05, 4.69) is 5.32 Å². The van der Waals surface area contributed by atoms with Gasteiger partial charge in [0.1, 0.15) is 6.42 Å². The molecule has 0 aromatic rings. The van der Waals surface area contributed by atoms with Crippen molar-refractivity contribution in [2.24, 2.45) is 0 Å². The molecule has 0 rings (SSSR count). The highest BCUT2D eigenvalue weighted by Crippen LogP contribution is 2.18. The molecule has 0 heterocycles. The van der Waals surface area contributed by atoms with E-state index in [1.807, 2.05) is 0 Å². The molecule has 11 heavy (non-hydrogen) atoms. The van der Waals surface area contributed by atoms with Gasteiger partial charge in [0.15, 0.2) is 0 Å². The van der Waals surface area contributed by atoms with Crippen molar-refractivity contribution < 1.29 is 18.0 Å². The zero-order valence-electron chi connectivity index (χ0n) is 6.33. The molecule has 0 fully saturated rings. The molecule has 0 atom stereocenters. The second-order valence-corrected chi connectivity index (χ2v) is 2.51. The smallest absolute Gasteiger partial charge is 0.354 e. The van der Waals surface area contributed by atoms with Gasteiger partial charge >= 0.3 is 6.18 Å². The highest BCUT2D eigenvalue weighted by atomic mass is 19.4. The monoisotopic (exact) mass is 169 g/mol. The Morgan fingerprint density at radius 3 is 2.18 bits per heavy atom. The van der Waals surface area contributed by atoms with Gasteiger partial charge in [-0.3, -0.25) is 4.79 Å². The Kier molecular flexibility index (Phi) is 3.35. The lowest BCUT2D eigenvalue weighted by molar-refractivity contribution is -0.154. The van der Waals surface area contributed by atoms with Gasteiger partial charge in [-0.05, 0) is 13.8 Å². The summed E-state index contributed by atoms with van der Waals surface area (Å²) in [6.07, 6.45) is -5.80. The van der Waals surface area contributed by atoms with Crippen LogP contribution in [0, 0.1) is 0 Å². The van der Waals surface area contributed by atoms with E-state index in [0.29, 0.717) is 0 Å². The van der Waals surface area contributed by atoms with E-state index in [0.717, 1.165) is 0 Å². The summed E-state index contributed by atoms with van der Waals surface area (Å²) < 4.78 is 34.5. The van der Waals surface area contributed by atoms with E-state index in [-0.39, 0.29) is 6.04 Å². The second kappa shape index (κ2) is 3.59. The lowest BCUT2D eigenvalue weighted by Crippen LogP contribution is -2.33. The van der Waals surface area contributed by atoms with E-state index in [1.165, 1.54) is 0 Å². The van der Waals surface area contributed by atoms with Crippen LogP contribution in [0.3, 0.4) is 0 Å². The van der Waals surface area contributed by atoms with Gasteiger partial charge in [0.25, 0.3) is 0 Å². The Labute approximate surface area is 62.8 Å². The van der Waals surface area contributed by atoms with Crippen LogP contribution in [0.4, 0.5) is 13.2 Å². The molecule has 0 aliphatic carbocycles. The number of carbonyl (C=O) groups excluding carboxylic acids is 1. The van der Waals surface area contributed by atoms with Crippen molar-refractivity contribution in [3.8, 4) is 0 Å². The topological polar surface area (TPSA) is 29.1 Å². The average molecular weight is 169 g/mol. The molecular weight excluding hydrogens is 159 g/mol. The summed E-state index contributed by atoms with van der Waals surface area (Å²) in [5.41, 5.74) is 0. The van der Waals surface area contributed by atoms with E-state index in [4.69, 9.17) is 0 Å². The molecule has 1 amide bonds. The lowest BCUT2D eigenvalue weighted by atomic mass is 10.3. The standard InChI is InChI=1S/C6H10F3NO/c1-4(2)10-5(11)3-6(7,8)9/h4H,3H2,1-2H3,(H,10,11). The molecule has 0 aliphatic rings. The average Bonchev–Trinajstić information content (AvgIpc) is 1.53. The van der Waals surface area contributed by atoms with Crippen molar-refractivity contribution in [1.29, 1.82) is 0 Å². The summed E-state index contributed by atoms with van der Waals surface area (Å²) in [6, 6.07) is -0.246. The fraction of sp³-hybridized carbons (Fsp3) is 0.833. The van der Waals surface area contributed by atoms with E-state index < -0.39 is 18.5 Å². The summed E-state index contributed by atoms with van der Waals surface area (Å²) >= 11 is 0. The number of hydrogen-bond acceptors (Lipinski definition) is 1. The number of nitrogens with one attached hydrogen (secondary N) is 1. The van der Waals surface area contributed by atoms with Gasteiger partial charge in [-0.1, -0.05) is 0 Å². The first kappa shape index (κ1) is 10.3. The van der Waals surface area contributed by atoms with E-state index in [9.17, 15) is 18.0 Å². The number of halogens is 3. The molecule has 1 N–H and O–H groups in total. The third kappa shape index (κ3) is 7.15. The minimum Gasteiger partial charge on any atom is -0.354 e. The normalized spacial score (nSPS) is 11.8. The zero-order chi connectivity index (χ0) is 9.07. The van der Waals surface area contributed by atoms with Crippen LogP contribution < -0.4 is 5.32 Å². The first-order chi connectivity index (χ1) is 4.81. The van der Waals surface area contributed by atoms with Crippen molar-refractivity contribution in [2.75, 3.05) is 0 Å². The number of hydrogen-bond donors (Lipinski definition) is 1. The number of carbonyl (C=O) groups is 1. The Morgan fingerprint density at radius 1 is 1.45 bits per heavy atom. The molecule has 0 unspecified atom stereocenters. The van der Waals surface area contributed by atoms with Crippen molar-refractivity contribution in [2.45, 2.75) is 32.5 Å². The highest BCUT2D eigenvalue weighted by molar-refractivity contribution is 5.76. The van der Waals surface area contributed by atoms with Gasteiger partial charge in [-0.15, -0.1) is 0 Å². The Hall–Kier alpha value is -0.740. The predicted octanol–water partition coefficient (Wildman–Crippen LogP) is 1.46. The second-order valence-electron chi connectivity index (χ2n) is 2.51. The van der Waals surface area contributed by atoms with Gasteiger partial charge in [0.2, 0.25) is 5.91 Å².